The van der Waals surface area contributed by atoms with Gasteiger partial charge in [-0.2, -0.15) is 0 Å². The Balaban J connectivity index is 2.62. The molecule has 0 aliphatic heterocycles. The first-order valence-corrected chi connectivity index (χ1v) is 7.39. The van der Waals surface area contributed by atoms with Crippen LogP contribution in [-0.2, 0) is 4.79 Å². The Labute approximate surface area is 121 Å². The summed E-state index contributed by atoms with van der Waals surface area (Å²) in [6.45, 7) is 7.67. The maximum Gasteiger partial charge on any atom is 0.326 e. The molecule has 0 radical (unpaired) electrons. The van der Waals surface area contributed by atoms with Crippen molar-refractivity contribution in [3.05, 3.63) is 0 Å². The molecule has 5 heteroatoms. The van der Waals surface area contributed by atoms with E-state index in [1.807, 2.05) is 20.8 Å². The number of hydrogen-bond donors (Lipinski definition) is 2. The molecule has 0 bridgehead atoms. The minimum absolute atomic E-state index is 0.223. The molecule has 5 nitrogen and oxygen atoms in total. The molecule has 2 amide bonds. The first kappa shape index (κ1) is 16.8. The predicted octanol–water partition coefficient (Wildman–Crippen LogP) is 2.71. The molecule has 0 spiro atoms. The largest absolute Gasteiger partial charge is 0.480 e. The van der Waals surface area contributed by atoms with E-state index >= 15 is 0 Å². The average Bonchev–Trinajstić information content (AvgIpc) is 2.33. The van der Waals surface area contributed by atoms with E-state index in [1.54, 1.807) is 11.9 Å². The van der Waals surface area contributed by atoms with Crippen molar-refractivity contribution in [1.82, 2.24) is 10.2 Å². The SMILES string of the molecule is CC1CCC(N(C)C(=O)N[C@@H](C(=O)O)C(C)(C)C)CC1. The van der Waals surface area contributed by atoms with E-state index in [0.717, 1.165) is 31.6 Å². The van der Waals surface area contributed by atoms with Crippen molar-refractivity contribution in [2.45, 2.75) is 65.5 Å². The van der Waals surface area contributed by atoms with Gasteiger partial charge in [0.15, 0.2) is 0 Å². The van der Waals surface area contributed by atoms with Crippen molar-refractivity contribution in [2.75, 3.05) is 7.05 Å². The molecule has 1 rings (SSSR count). The van der Waals surface area contributed by atoms with Crippen LogP contribution in [0.1, 0.15) is 53.4 Å². The zero-order valence-corrected chi connectivity index (χ0v) is 13.3. The highest BCUT2D eigenvalue weighted by Gasteiger charge is 2.34. The number of nitrogens with one attached hydrogen (secondary N) is 1. The molecule has 0 unspecified atom stereocenters. The molecule has 2 N–H and O–H groups in total. The first-order valence-electron chi connectivity index (χ1n) is 7.39. The van der Waals surface area contributed by atoms with Crippen LogP contribution in [0.3, 0.4) is 0 Å². The van der Waals surface area contributed by atoms with Crippen LogP contribution < -0.4 is 5.32 Å². The van der Waals surface area contributed by atoms with Crippen molar-refractivity contribution in [3.8, 4) is 0 Å². The smallest absolute Gasteiger partial charge is 0.326 e. The quantitative estimate of drug-likeness (QED) is 0.837. The second kappa shape index (κ2) is 6.46. The lowest BCUT2D eigenvalue weighted by Crippen LogP contribution is -2.54. The molecule has 0 saturated heterocycles. The molecule has 1 aliphatic rings. The second-order valence-electron chi connectivity index (χ2n) is 7.11. The number of carbonyl (C=O) groups is 2. The molecule has 20 heavy (non-hydrogen) atoms. The van der Waals surface area contributed by atoms with Crippen LogP contribution in [0.4, 0.5) is 4.79 Å². The Hall–Kier alpha value is -1.26. The van der Waals surface area contributed by atoms with Crippen LogP contribution in [0.2, 0.25) is 0 Å². The summed E-state index contributed by atoms with van der Waals surface area (Å²) in [5, 5.41) is 11.9. The van der Waals surface area contributed by atoms with Gasteiger partial charge in [-0.05, 0) is 37.0 Å². The highest BCUT2D eigenvalue weighted by atomic mass is 16.4. The van der Waals surface area contributed by atoms with Crippen molar-refractivity contribution in [1.29, 1.82) is 0 Å². The fourth-order valence-corrected chi connectivity index (χ4v) is 2.67. The summed E-state index contributed by atoms with van der Waals surface area (Å²) >= 11 is 0. The number of carbonyl (C=O) groups excluding carboxylic acids is 1. The molecular weight excluding hydrogens is 256 g/mol. The van der Waals surface area contributed by atoms with E-state index in [1.165, 1.54) is 0 Å². The Morgan fingerprint density at radius 2 is 1.70 bits per heavy atom. The van der Waals surface area contributed by atoms with Crippen LogP contribution in [0.15, 0.2) is 0 Å². The molecule has 0 aromatic carbocycles. The van der Waals surface area contributed by atoms with Gasteiger partial charge in [0, 0.05) is 13.1 Å². The Bertz CT molecular complexity index is 355. The lowest BCUT2D eigenvalue weighted by atomic mass is 9.86. The summed E-state index contributed by atoms with van der Waals surface area (Å²) in [6, 6.07) is -0.938. The van der Waals surface area contributed by atoms with Gasteiger partial charge in [0.05, 0.1) is 0 Å². The highest BCUT2D eigenvalue weighted by molar-refractivity contribution is 5.83. The van der Waals surface area contributed by atoms with Crippen LogP contribution in [0.5, 0.6) is 0 Å². The maximum absolute atomic E-state index is 12.2. The summed E-state index contributed by atoms with van der Waals surface area (Å²) in [6.07, 6.45) is 4.25. The van der Waals surface area contributed by atoms with Gasteiger partial charge in [-0.1, -0.05) is 27.7 Å². The van der Waals surface area contributed by atoms with Gasteiger partial charge in [0.2, 0.25) is 0 Å². The molecule has 116 valence electrons. The predicted molar refractivity (Wildman–Crippen MR) is 78.6 cm³/mol. The van der Waals surface area contributed by atoms with Crippen molar-refractivity contribution < 1.29 is 14.7 Å². The number of carboxylic acids is 1. The number of hydrogen-bond acceptors (Lipinski definition) is 2. The van der Waals surface area contributed by atoms with Gasteiger partial charge in [0.1, 0.15) is 6.04 Å². The molecule has 0 aromatic heterocycles. The third kappa shape index (κ3) is 4.39. The summed E-state index contributed by atoms with van der Waals surface area (Å²) < 4.78 is 0. The average molecular weight is 284 g/mol. The van der Waals surface area contributed by atoms with E-state index in [9.17, 15) is 14.7 Å². The molecular formula is C15H28N2O3. The molecule has 1 fully saturated rings. The van der Waals surface area contributed by atoms with Gasteiger partial charge in [-0.15, -0.1) is 0 Å². The van der Waals surface area contributed by atoms with E-state index < -0.39 is 17.4 Å². The fourth-order valence-electron chi connectivity index (χ4n) is 2.67. The lowest BCUT2D eigenvalue weighted by molar-refractivity contribution is -0.142. The minimum atomic E-state index is -0.989. The van der Waals surface area contributed by atoms with E-state index in [2.05, 4.69) is 12.2 Å². The van der Waals surface area contributed by atoms with Crippen molar-refractivity contribution in [2.24, 2.45) is 11.3 Å². The fraction of sp³-hybridized carbons (Fsp3) is 0.867. The van der Waals surface area contributed by atoms with Gasteiger partial charge >= 0.3 is 12.0 Å². The number of carboxylic acid groups (broad SMARTS) is 1. The third-order valence-corrected chi connectivity index (χ3v) is 4.23. The molecule has 1 aliphatic carbocycles. The molecule has 1 saturated carbocycles. The minimum Gasteiger partial charge on any atom is -0.480 e. The second-order valence-corrected chi connectivity index (χ2v) is 7.11. The third-order valence-electron chi connectivity index (χ3n) is 4.23. The zero-order chi connectivity index (χ0) is 15.5. The molecule has 0 aromatic rings. The monoisotopic (exact) mass is 284 g/mol. The van der Waals surface area contributed by atoms with Crippen LogP contribution in [-0.4, -0.2) is 41.1 Å². The van der Waals surface area contributed by atoms with Gasteiger partial charge in [-0.3, -0.25) is 0 Å². The number of urea groups is 1. The summed E-state index contributed by atoms with van der Waals surface area (Å²) in [4.78, 5) is 25.2. The Morgan fingerprint density at radius 3 is 2.10 bits per heavy atom. The van der Waals surface area contributed by atoms with E-state index in [4.69, 9.17) is 0 Å². The summed E-state index contributed by atoms with van der Waals surface area (Å²) in [7, 11) is 1.76. The molecule has 0 heterocycles. The zero-order valence-electron chi connectivity index (χ0n) is 13.3. The van der Waals surface area contributed by atoms with Gasteiger partial charge < -0.3 is 15.3 Å². The van der Waals surface area contributed by atoms with Crippen LogP contribution in [0.25, 0.3) is 0 Å². The van der Waals surface area contributed by atoms with Crippen molar-refractivity contribution >= 4 is 12.0 Å². The van der Waals surface area contributed by atoms with E-state index in [0.29, 0.717) is 0 Å². The number of nitrogens with zero attached hydrogens (tertiary/aromatic N) is 1. The van der Waals surface area contributed by atoms with Gasteiger partial charge in [0.25, 0.3) is 0 Å². The lowest BCUT2D eigenvalue weighted by Gasteiger charge is -2.36. The van der Waals surface area contributed by atoms with E-state index in [-0.39, 0.29) is 12.1 Å². The topological polar surface area (TPSA) is 69.6 Å². The van der Waals surface area contributed by atoms with Crippen molar-refractivity contribution in [3.63, 3.8) is 0 Å². The number of aliphatic carboxylic acids is 1. The normalized spacial score (nSPS) is 24.9. The van der Waals surface area contributed by atoms with Gasteiger partial charge in [-0.25, -0.2) is 9.59 Å². The highest BCUT2D eigenvalue weighted by Crippen LogP contribution is 2.27. The number of amides is 2. The maximum atomic E-state index is 12.2. The Kier molecular flexibility index (Phi) is 5.42. The van der Waals surface area contributed by atoms with Crippen LogP contribution >= 0.6 is 0 Å². The number of rotatable bonds is 3. The van der Waals surface area contributed by atoms with Crippen LogP contribution in [0, 0.1) is 11.3 Å². The Morgan fingerprint density at radius 1 is 1.20 bits per heavy atom. The summed E-state index contributed by atoms with van der Waals surface area (Å²) in [5.74, 6) is -0.263. The summed E-state index contributed by atoms with van der Waals surface area (Å²) in [5.41, 5.74) is -0.511. The standard InChI is InChI=1S/C15H28N2O3/c1-10-6-8-11(9-7-10)17(5)14(20)16-12(13(18)19)15(2,3)4/h10-12H,6-9H2,1-5H3,(H,16,20)(H,18,19)/t10?,11?,12-/m0/s1. The molecule has 1 atom stereocenters. The first-order chi connectivity index (χ1) is 9.12.